The molecule has 1 N–H and O–H groups in total. The van der Waals surface area contributed by atoms with E-state index in [4.69, 9.17) is 11.6 Å². The molecule has 0 spiro atoms. The molecule has 2 aromatic rings. The highest BCUT2D eigenvalue weighted by Gasteiger charge is 2.22. The Bertz CT molecular complexity index is 960. The van der Waals surface area contributed by atoms with Crippen LogP contribution >= 0.6 is 11.6 Å². The van der Waals surface area contributed by atoms with E-state index in [-0.39, 0.29) is 0 Å². The number of anilines is 1. The van der Waals surface area contributed by atoms with Crippen LogP contribution in [0.4, 0.5) is 5.69 Å². The van der Waals surface area contributed by atoms with Gasteiger partial charge >= 0.3 is 5.69 Å². The molecular weight excluding hydrogens is 330 g/mol. The molecule has 22 heavy (non-hydrogen) atoms. The lowest BCUT2D eigenvalue weighted by atomic mass is 10.2. The molecule has 0 aliphatic carbocycles. The summed E-state index contributed by atoms with van der Waals surface area (Å²) in [5.74, 6) is 0. The predicted octanol–water partition coefficient (Wildman–Crippen LogP) is 0.847. The van der Waals surface area contributed by atoms with Crippen molar-refractivity contribution in [1.29, 1.82) is 0 Å². The quantitative estimate of drug-likeness (QED) is 0.894. The molecule has 0 unspecified atom stereocenters. The van der Waals surface area contributed by atoms with E-state index in [1.54, 1.807) is 13.0 Å². The third kappa shape index (κ3) is 2.93. The van der Waals surface area contributed by atoms with Crippen molar-refractivity contribution in [3.05, 3.63) is 55.8 Å². The SMILES string of the molecule is Cc1cc(Cl)ccc1NS(=O)(=O)c1cn(C)c(=O)n(C)c1=O. The molecule has 118 valence electrons. The summed E-state index contributed by atoms with van der Waals surface area (Å²) in [4.78, 5) is 23.1. The van der Waals surface area contributed by atoms with Gasteiger partial charge in [0.05, 0.1) is 5.69 Å². The largest absolute Gasteiger partial charge is 0.330 e. The molecule has 9 heteroatoms. The maximum atomic E-state index is 12.4. The molecule has 1 aromatic heterocycles. The summed E-state index contributed by atoms with van der Waals surface area (Å²) in [7, 11) is -1.54. The number of halogens is 1. The zero-order valence-corrected chi connectivity index (χ0v) is 13.7. The van der Waals surface area contributed by atoms with E-state index in [1.807, 2.05) is 0 Å². The Morgan fingerprint density at radius 3 is 2.41 bits per heavy atom. The first-order valence-corrected chi connectivity index (χ1v) is 8.05. The van der Waals surface area contributed by atoms with Gasteiger partial charge in [0.25, 0.3) is 15.6 Å². The Kier molecular flexibility index (Phi) is 4.17. The number of aryl methyl sites for hydroxylation is 2. The number of hydrogen-bond acceptors (Lipinski definition) is 4. The fourth-order valence-electron chi connectivity index (χ4n) is 1.90. The van der Waals surface area contributed by atoms with Crippen molar-refractivity contribution >= 4 is 27.3 Å². The zero-order chi connectivity index (χ0) is 16.7. The van der Waals surface area contributed by atoms with Gasteiger partial charge in [-0.05, 0) is 30.7 Å². The molecule has 2 rings (SSSR count). The molecule has 1 heterocycles. The van der Waals surface area contributed by atoms with Crippen molar-refractivity contribution in [2.24, 2.45) is 14.1 Å². The number of rotatable bonds is 3. The fraction of sp³-hybridized carbons (Fsp3) is 0.231. The van der Waals surface area contributed by atoms with Crippen LogP contribution in [-0.4, -0.2) is 17.6 Å². The standard InChI is InChI=1S/C13H14ClN3O4S/c1-8-6-9(14)4-5-10(8)15-22(20,21)11-7-16(2)13(19)17(3)12(11)18/h4-7,15H,1-3H3. The molecule has 0 saturated heterocycles. The van der Waals surface area contributed by atoms with Crippen LogP contribution in [0.15, 0.2) is 38.9 Å². The average Bonchev–Trinajstić information content (AvgIpc) is 2.43. The first-order valence-electron chi connectivity index (χ1n) is 6.19. The molecule has 0 aliphatic rings. The third-order valence-electron chi connectivity index (χ3n) is 3.14. The zero-order valence-electron chi connectivity index (χ0n) is 12.1. The van der Waals surface area contributed by atoms with Gasteiger partial charge in [-0.3, -0.25) is 14.1 Å². The lowest BCUT2D eigenvalue weighted by Gasteiger charge is -2.12. The number of hydrogen-bond donors (Lipinski definition) is 1. The first-order chi connectivity index (χ1) is 10.1. The van der Waals surface area contributed by atoms with Gasteiger partial charge in [0.1, 0.15) is 0 Å². The second-order valence-electron chi connectivity index (χ2n) is 4.82. The summed E-state index contributed by atoms with van der Waals surface area (Å²) in [6, 6.07) is 4.63. The monoisotopic (exact) mass is 343 g/mol. The summed E-state index contributed by atoms with van der Waals surface area (Å²) in [6.45, 7) is 1.68. The molecule has 0 amide bonds. The van der Waals surface area contributed by atoms with Crippen molar-refractivity contribution in [2.45, 2.75) is 11.8 Å². The molecule has 0 atom stereocenters. The van der Waals surface area contributed by atoms with Crippen LogP contribution in [0.1, 0.15) is 5.56 Å². The van der Waals surface area contributed by atoms with Crippen molar-refractivity contribution in [3.8, 4) is 0 Å². The van der Waals surface area contributed by atoms with Crippen LogP contribution in [0.25, 0.3) is 0 Å². The van der Waals surface area contributed by atoms with Crippen LogP contribution in [-0.2, 0) is 24.1 Å². The van der Waals surface area contributed by atoms with E-state index in [0.29, 0.717) is 16.3 Å². The molecule has 0 radical (unpaired) electrons. The Balaban J connectivity index is 2.57. The smallest absolute Gasteiger partial charge is 0.302 e. The Labute approximate surface area is 131 Å². The van der Waals surface area contributed by atoms with Crippen molar-refractivity contribution in [2.75, 3.05) is 4.72 Å². The van der Waals surface area contributed by atoms with Gasteiger partial charge in [-0.25, -0.2) is 13.2 Å². The lowest BCUT2D eigenvalue weighted by Crippen LogP contribution is -2.40. The highest BCUT2D eigenvalue weighted by molar-refractivity contribution is 7.92. The maximum Gasteiger partial charge on any atom is 0.330 e. The topological polar surface area (TPSA) is 90.2 Å². The van der Waals surface area contributed by atoms with Gasteiger partial charge in [0.15, 0.2) is 4.90 Å². The molecule has 7 nitrogen and oxygen atoms in total. The summed E-state index contributed by atoms with van der Waals surface area (Å²) >= 11 is 5.82. The van der Waals surface area contributed by atoms with E-state index < -0.39 is 26.2 Å². The van der Waals surface area contributed by atoms with Crippen LogP contribution in [0.3, 0.4) is 0 Å². The third-order valence-corrected chi connectivity index (χ3v) is 4.72. The average molecular weight is 344 g/mol. The minimum absolute atomic E-state index is 0.306. The van der Waals surface area contributed by atoms with E-state index in [1.165, 1.54) is 26.2 Å². The Hall–Kier alpha value is -2.06. The first kappa shape index (κ1) is 16.3. The summed E-state index contributed by atoms with van der Waals surface area (Å²) in [6.07, 6.45) is 0.998. The predicted molar refractivity (Wildman–Crippen MR) is 83.9 cm³/mol. The van der Waals surface area contributed by atoms with E-state index in [2.05, 4.69) is 4.72 Å². The number of nitrogens with zero attached hydrogens (tertiary/aromatic N) is 2. The number of nitrogens with one attached hydrogen (secondary N) is 1. The number of benzene rings is 1. The highest BCUT2D eigenvalue weighted by atomic mass is 35.5. The van der Waals surface area contributed by atoms with E-state index in [9.17, 15) is 18.0 Å². The molecule has 1 aromatic carbocycles. The molecular formula is C13H14ClN3O4S. The van der Waals surface area contributed by atoms with Gasteiger partial charge in [0, 0.05) is 25.3 Å². The number of aromatic nitrogens is 2. The van der Waals surface area contributed by atoms with Crippen LogP contribution in [0, 0.1) is 6.92 Å². The van der Waals surface area contributed by atoms with Gasteiger partial charge in [-0.2, -0.15) is 0 Å². The minimum Gasteiger partial charge on any atom is -0.302 e. The normalized spacial score (nSPS) is 11.5. The van der Waals surface area contributed by atoms with Gasteiger partial charge < -0.3 is 4.57 Å². The summed E-state index contributed by atoms with van der Waals surface area (Å²) < 4.78 is 28.9. The maximum absolute atomic E-state index is 12.4. The molecule has 0 bridgehead atoms. The minimum atomic E-state index is -4.13. The van der Waals surface area contributed by atoms with Crippen molar-refractivity contribution in [1.82, 2.24) is 9.13 Å². The van der Waals surface area contributed by atoms with Crippen molar-refractivity contribution < 1.29 is 8.42 Å². The van der Waals surface area contributed by atoms with E-state index in [0.717, 1.165) is 15.3 Å². The highest BCUT2D eigenvalue weighted by Crippen LogP contribution is 2.21. The van der Waals surface area contributed by atoms with Crippen molar-refractivity contribution in [3.63, 3.8) is 0 Å². The summed E-state index contributed by atoms with van der Waals surface area (Å²) in [5.41, 5.74) is -0.577. The van der Waals surface area contributed by atoms with Gasteiger partial charge in [-0.1, -0.05) is 11.6 Å². The summed E-state index contributed by atoms with van der Waals surface area (Å²) in [5, 5.41) is 0.471. The van der Waals surface area contributed by atoms with Crippen LogP contribution in [0.2, 0.25) is 5.02 Å². The number of sulfonamides is 1. The molecule has 0 fully saturated rings. The second-order valence-corrected chi connectivity index (χ2v) is 6.90. The fourth-order valence-corrected chi connectivity index (χ4v) is 3.42. The molecule has 0 aliphatic heterocycles. The van der Waals surface area contributed by atoms with E-state index >= 15 is 0 Å². The van der Waals surface area contributed by atoms with Crippen LogP contribution < -0.4 is 16.0 Å². The van der Waals surface area contributed by atoms with Crippen LogP contribution in [0.5, 0.6) is 0 Å². The molecule has 0 saturated carbocycles. The Morgan fingerprint density at radius 1 is 1.18 bits per heavy atom. The second kappa shape index (κ2) is 5.62. The van der Waals surface area contributed by atoms with Gasteiger partial charge in [0.2, 0.25) is 0 Å². The van der Waals surface area contributed by atoms with Gasteiger partial charge in [-0.15, -0.1) is 0 Å². The lowest BCUT2D eigenvalue weighted by molar-refractivity contribution is 0.589. The Morgan fingerprint density at radius 2 is 1.82 bits per heavy atom.